The molecular formula is C15H20O4. The van der Waals surface area contributed by atoms with Crippen LogP contribution in [0.15, 0.2) is 12.2 Å². The number of rotatable bonds is 0. The van der Waals surface area contributed by atoms with E-state index in [1.54, 1.807) is 13.0 Å². The van der Waals surface area contributed by atoms with Crippen LogP contribution in [0, 0.1) is 16.7 Å². The Balaban J connectivity index is 2.14. The van der Waals surface area contributed by atoms with Crippen molar-refractivity contribution in [2.45, 2.75) is 51.7 Å². The maximum absolute atomic E-state index is 12.2. The normalized spacial score (nSPS) is 47.6. The molecule has 1 unspecified atom stereocenters. The Bertz CT molecular complexity index is 488. The summed E-state index contributed by atoms with van der Waals surface area (Å²) in [6.45, 7) is 5.74. The fourth-order valence-electron chi connectivity index (χ4n) is 4.05. The molecule has 1 N–H and O–H groups in total. The first-order valence-corrected chi connectivity index (χ1v) is 6.83. The quantitative estimate of drug-likeness (QED) is 0.533. The number of esters is 1. The van der Waals surface area contributed by atoms with Crippen molar-refractivity contribution in [2.75, 3.05) is 0 Å². The number of aliphatic hydroxyl groups is 1. The number of hydrogen-bond donors (Lipinski definition) is 1. The van der Waals surface area contributed by atoms with Crippen molar-refractivity contribution in [1.82, 2.24) is 0 Å². The molecule has 3 aliphatic rings. The monoisotopic (exact) mass is 264 g/mol. The molecule has 0 radical (unpaired) electrons. The fraction of sp³-hybridized carbons (Fsp3) is 0.733. The summed E-state index contributed by atoms with van der Waals surface area (Å²) >= 11 is 0. The van der Waals surface area contributed by atoms with Gasteiger partial charge >= 0.3 is 5.97 Å². The van der Waals surface area contributed by atoms with Gasteiger partial charge in [0.1, 0.15) is 17.5 Å². The third-order valence-electron chi connectivity index (χ3n) is 5.39. The summed E-state index contributed by atoms with van der Waals surface area (Å²) in [6.07, 6.45) is 4.57. The summed E-state index contributed by atoms with van der Waals surface area (Å²) in [4.78, 5) is 24.1. The highest BCUT2D eigenvalue weighted by Crippen LogP contribution is 2.61. The molecule has 0 aromatic carbocycles. The highest BCUT2D eigenvalue weighted by Gasteiger charge is 2.63. The van der Waals surface area contributed by atoms with Gasteiger partial charge in [0.2, 0.25) is 0 Å². The van der Waals surface area contributed by atoms with E-state index in [2.05, 4.69) is 0 Å². The average molecular weight is 264 g/mol. The van der Waals surface area contributed by atoms with Gasteiger partial charge in [0.25, 0.3) is 0 Å². The van der Waals surface area contributed by atoms with Crippen molar-refractivity contribution in [2.24, 2.45) is 16.7 Å². The minimum absolute atomic E-state index is 0.127. The van der Waals surface area contributed by atoms with Crippen LogP contribution in [-0.2, 0) is 14.3 Å². The molecular weight excluding hydrogens is 244 g/mol. The van der Waals surface area contributed by atoms with E-state index < -0.39 is 17.6 Å². The first-order valence-electron chi connectivity index (χ1n) is 6.83. The number of Topliss-reactive ketones (excluding diaryl/α,β-unsaturated/α-hetero) is 1. The Morgan fingerprint density at radius 2 is 1.95 bits per heavy atom. The van der Waals surface area contributed by atoms with E-state index in [9.17, 15) is 14.7 Å². The maximum Gasteiger partial charge on any atom is 0.310 e. The summed E-state index contributed by atoms with van der Waals surface area (Å²) in [5, 5.41) is 10.3. The van der Waals surface area contributed by atoms with E-state index in [1.807, 2.05) is 19.9 Å². The highest BCUT2D eigenvalue weighted by atomic mass is 16.6. The molecule has 19 heavy (non-hydrogen) atoms. The van der Waals surface area contributed by atoms with Crippen molar-refractivity contribution in [3.63, 3.8) is 0 Å². The van der Waals surface area contributed by atoms with Crippen LogP contribution in [0.4, 0.5) is 0 Å². The zero-order valence-corrected chi connectivity index (χ0v) is 11.6. The van der Waals surface area contributed by atoms with Crippen LogP contribution in [-0.4, -0.2) is 28.6 Å². The van der Waals surface area contributed by atoms with Crippen LogP contribution in [0.25, 0.3) is 0 Å². The number of fused-ring (bicyclic) bond motifs is 1. The number of allylic oxidation sites excluding steroid dienone is 1. The van der Waals surface area contributed by atoms with E-state index >= 15 is 0 Å². The zero-order valence-electron chi connectivity index (χ0n) is 11.6. The van der Waals surface area contributed by atoms with Crippen LogP contribution in [0.5, 0.6) is 0 Å². The molecule has 2 bridgehead atoms. The van der Waals surface area contributed by atoms with E-state index in [4.69, 9.17) is 4.74 Å². The molecule has 3 rings (SSSR count). The Morgan fingerprint density at radius 3 is 2.63 bits per heavy atom. The summed E-state index contributed by atoms with van der Waals surface area (Å²) < 4.78 is 5.39. The van der Waals surface area contributed by atoms with Crippen molar-refractivity contribution >= 4 is 11.8 Å². The molecule has 4 nitrogen and oxygen atoms in total. The third kappa shape index (κ3) is 1.55. The number of hydrogen-bond acceptors (Lipinski definition) is 4. The van der Waals surface area contributed by atoms with Gasteiger partial charge in [-0.1, -0.05) is 26.0 Å². The molecule has 0 amide bonds. The number of carbonyl (C=O) groups is 2. The molecule has 4 atom stereocenters. The van der Waals surface area contributed by atoms with Gasteiger partial charge in [-0.05, 0) is 18.8 Å². The van der Waals surface area contributed by atoms with Gasteiger partial charge in [-0.25, -0.2) is 0 Å². The molecule has 1 saturated heterocycles. The van der Waals surface area contributed by atoms with Crippen LogP contribution in [0.2, 0.25) is 0 Å². The highest BCUT2D eigenvalue weighted by molar-refractivity contribution is 5.88. The van der Waals surface area contributed by atoms with Gasteiger partial charge < -0.3 is 9.84 Å². The smallest absolute Gasteiger partial charge is 0.310 e. The van der Waals surface area contributed by atoms with Crippen molar-refractivity contribution < 1.29 is 19.4 Å². The Hall–Kier alpha value is -1.16. The van der Waals surface area contributed by atoms with E-state index in [0.29, 0.717) is 12.8 Å². The molecule has 0 aromatic heterocycles. The van der Waals surface area contributed by atoms with E-state index in [0.717, 1.165) is 0 Å². The number of carbonyl (C=O) groups excluding carboxylic acids is 2. The zero-order chi connectivity index (χ0) is 14.1. The van der Waals surface area contributed by atoms with Gasteiger partial charge in [-0.2, -0.15) is 0 Å². The molecule has 1 saturated carbocycles. The lowest BCUT2D eigenvalue weighted by Crippen LogP contribution is -2.62. The summed E-state index contributed by atoms with van der Waals surface area (Å²) in [5.74, 6) is -0.601. The lowest BCUT2D eigenvalue weighted by atomic mass is 9.48. The Kier molecular flexibility index (Phi) is 2.35. The lowest BCUT2D eigenvalue weighted by Gasteiger charge is -2.58. The molecule has 1 heterocycles. The third-order valence-corrected chi connectivity index (χ3v) is 5.39. The van der Waals surface area contributed by atoms with Crippen molar-refractivity contribution in [3.05, 3.63) is 12.2 Å². The number of ether oxygens (including phenoxy) is 1. The van der Waals surface area contributed by atoms with Crippen LogP contribution in [0.1, 0.15) is 40.0 Å². The lowest BCUT2D eigenvalue weighted by molar-refractivity contribution is -0.204. The Morgan fingerprint density at radius 1 is 1.26 bits per heavy atom. The largest absolute Gasteiger partial charge is 0.459 e. The predicted octanol–water partition coefficient (Wildman–Crippen LogP) is 1.61. The minimum atomic E-state index is -1.11. The second-order valence-corrected chi connectivity index (χ2v) is 7.09. The first-order chi connectivity index (χ1) is 8.68. The van der Waals surface area contributed by atoms with Gasteiger partial charge in [0.05, 0.1) is 5.92 Å². The predicted molar refractivity (Wildman–Crippen MR) is 68.2 cm³/mol. The first kappa shape index (κ1) is 12.9. The summed E-state index contributed by atoms with van der Waals surface area (Å²) in [6, 6.07) is 0. The molecule has 1 aliphatic heterocycles. The second kappa shape index (κ2) is 3.48. The van der Waals surface area contributed by atoms with Crippen LogP contribution >= 0.6 is 0 Å². The molecule has 1 spiro atoms. The molecule has 2 aliphatic carbocycles. The fourth-order valence-corrected chi connectivity index (χ4v) is 4.05. The van der Waals surface area contributed by atoms with Gasteiger partial charge in [0, 0.05) is 18.3 Å². The van der Waals surface area contributed by atoms with Gasteiger partial charge in [-0.3, -0.25) is 9.59 Å². The van der Waals surface area contributed by atoms with Gasteiger partial charge in [0.15, 0.2) is 0 Å². The van der Waals surface area contributed by atoms with E-state index in [-0.39, 0.29) is 29.0 Å². The summed E-state index contributed by atoms with van der Waals surface area (Å²) in [7, 11) is 0. The maximum atomic E-state index is 12.2. The van der Waals surface area contributed by atoms with Gasteiger partial charge in [-0.15, -0.1) is 0 Å². The number of ketones is 1. The van der Waals surface area contributed by atoms with Crippen molar-refractivity contribution in [1.29, 1.82) is 0 Å². The molecule has 2 fully saturated rings. The van der Waals surface area contributed by atoms with Crippen LogP contribution < -0.4 is 0 Å². The molecule has 4 heteroatoms. The second-order valence-electron chi connectivity index (χ2n) is 7.09. The SMILES string of the molecule is CC1(C)CC(=O)C[C@@H]2C(=O)O[C@H]3CC21C=C[C@]3(C)O. The standard InChI is InChI=1S/C15H20O4/c1-13(2)7-9(16)6-10-12(17)19-11-8-15(10,13)5-4-14(11,3)18/h4-5,10-11,18H,6-8H2,1-3H3/t10-,11+,14+,15?/m1/s1. The van der Waals surface area contributed by atoms with E-state index in [1.165, 1.54) is 0 Å². The molecule has 0 aromatic rings. The summed E-state index contributed by atoms with van der Waals surface area (Å²) in [5.41, 5.74) is -1.75. The average Bonchev–Trinajstić information content (AvgIpc) is 2.26. The van der Waals surface area contributed by atoms with Crippen LogP contribution in [0.3, 0.4) is 0 Å². The Labute approximate surface area is 112 Å². The minimum Gasteiger partial charge on any atom is -0.459 e. The molecule has 104 valence electrons. The van der Waals surface area contributed by atoms with Crippen molar-refractivity contribution in [3.8, 4) is 0 Å². The topological polar surface area (TPSA) is 63.6 Å².